The van der Waals surface area contributed by atoms with Crippen LogP contribution in [0.3, 0.4) is 0 Å². The van der Waals surface area contributed by atoms with E-state index in [1.165, 1.54) is 0 Å². The van der Waals surface area contributed by atoms with E-state index in [0.29, 0.717) is 44.2 Å². The molecule has 0 spiro atoms. The van der Waals surface area contributed by atoms with E-state index in [9.17, 15) is 14.4 Å². The summed E-state index contributed by atoms with van der Waals surface area (Å²) in [5.41, 5.74) is 4.47. The minimum Gasteiger partial charge on any atom is -0.422 e. The topological polar surface area (TPSA) is 139 Å². The molecule has 0 saturated heterocycles. The molecule has 0 atom stereocenters. The van der Waals surface area contributed by atoms with Crippen LogP contribution in [-0.2, 0) is 0 Å². The fourth-order valence-electron chi connectivity index (χ4n) is 8.47. The van der Waals surface area contributed by atoms with Gasteiger partial charge in [0.25, 0.3) is 0 Å². The van der Waals surface area contributed by atoms with Gasteiger partial charge in [-0.15, -0.1) is 0 Å². The first-order valence-corrected chi connectivity index (χ1v) is 21.9. The molecule has 0 amide bonds. The number of fused-ring (bicyclic) bond motifs is 4. The third-order valence-electron chi connectivity index (χ3n) is 12.1. The second-order valence-corrected chi connectivity index (χ2v) is 15.6. The molecule has 12 heteroatoms. The molecule has 322 valence electrons. The largest absolute Gasteiger partial charge is 0.422 e. The molecule has 64 heavy (non-hydrogen) atoms. The third-order valence-corrected chi connectivity index (χ3v) is 12.1. The molecule has 9 rings (SSSR count). The van der Waals surface area contributed by atoms with Crippen LogP contribution in [0.1, 0.15) is 41.5 Å². The SMILES string of the molecule is CCN(CC)c1ccc2cc(-c3ccc4ccc(-c5nc(-c6cc7ccc(N(CC)CC)cc7oc6=O)nc(-c6cc7ccc(N(CC)CC)cc7oc6=O)n5)cc4c3)c(=O)oc2c1. The van der Waals surface area contributed by atoms with Gasteiger partial charge < -0.3 is 28.0 Å². The van der Waals surface area contributed by atoms with E-state index < -0.39 is 16.9 Å². The van der Waals surface area contributed by atoms with Crippen LogP contribution in [0.2, 0.25) is 0 Å². The lowest BCUT2D eigenvalue weighted by Crippen LogP contribution is -2.21. The maximum atomic E-state index is 13.9. The van der Waals surface area contributed by atoms with E-state index >= 15 is 0 Å². The number of aromatic nitrogens is 3. The van der Waals surface area contributed by atoms with Gasteiger partial charge in [-0.3, -0.25) is 0 Å². The molecular weight excluding hydrogens is 805 g/mol. The Bertz CT molecular complexity index is 3290. The Morgan fingerprint density at radius 2 is 0.703 bits per heavy atom. The summed E-state index contributed by atoms with van der Waals surface area (Å²) >= 11 is 0. The summed E-state index contributed by atoms with van der Waals surface area (Å²) in [5, 5.41) is 3.90. The normalized spacial score (nSPS) is 11.5. The van der Waals surface area contributed by atoms with E-state index in [2.05, 4.69) is 56.2 Å². The second kappa shape index (κ2) is 17.3. The van der Waals surface area contributed by atoms with Crippen LogP contribution in [-0.4, -0.2) is 54.2 Å². The van der Waals surface area contributed by atoms with Crippen LogP contribution >= 0.6 is 0 Å². The molecule has 0 aliphatic heterocycles. The minimum absolute atomic E-state index is 0.0339. The Hall–Kier alpha value is -7.60. The zero-order chi connectivity index (χ0) is 44.6. The first-order valence-electron chi connectivity index (χ1n) is 21.9. The molecular formula is C52H48N6O6. The van der Waals surface area contributed by atoms with E-state index in [-0.39, 0.29) is 28.6 Å². The Labute approximate surface area is 369 Å². The van der Waals surface area contributed by atoms with Crippen molar-refractivity contribution >= 4 is 60.7 Å². The average Bonchev–Trinajstić information content (AvgIpc) is 3.31. The highest BCUT2D eigenvalue weighted by Crippen LogP contribution is 2.32. The van der Waals surface area contributed by atoms with Crippen molar-refractivity contribution in [3.63, 3.8) is 0 Å². The van der Waals surface area contributed by atoms with Gasteiger partial charge in [-0.05, 0) is 125 Å². The van der Waals surface area contributed by atoms with E-state index in [4.69, 9.17) is 28.2 Å². The molecule has 9 aromatic rings. The Kier molecular flexibility index (Phi) is 11.3. The average molecular weight is 853 g/mol. The smallest absolute Gasteiger partial charge is 0.347 e. The van der Waals surface area contributed by atoms with E-state index in [0.717, 1.165) is 72.5 Å². The summed E-state index contributed by atoms with van der Waals surface area (Å²) in [6, 6.07) is 34.2. The summed E-state index contributed by atoms with van der Waals surface area (Å²) in [6.07, 6.45) is 0. The molecule has 0 fully saturated rings. The van der Waals surface area contributed by atoms with Crippen LogP contribution in [0.15, 0.2) is 137 Å². The van der Waals surface area contributed by atoms with Gasteiger partial charge in [0, 0.05) is 96.3 Å². The molecule has 0 aliphatic carbocycles. The minimum atomic E-state index is -0.636. The highest BCUT2D eigenvalue weighted by molar-refractivity contribution is 5.92. The van der Waals surface area contributed by atoms with Crippen molar-refractivity contribution in [1.29, 1.82) is 0 Å². The number of hydrogen-bond donors (Lipinski definition) is 0. The molecule has 0 saturated carbocycles. The molecule has 0 aliphatic rings. The van der Waals surface area contributed by atoms with Crippen LogP contribution in [0.4, 0.5) is 17.1 Å². The number of benzene rings is 5. The molecule has 4 aromatic heterocycles. The molecule has 0 bridgehead atoms. The predicted octanol–water partition coefficient (Wildman–Crippen LogP) is 10.6. The monoisotopic (exact) mass is 852 g/mol. The fourth-order valence-corrected chi connectivity index (χ4v) is 8.47. The second-order valence-electron chi connectivity index (χ2n) is 15.6. The van der Waals surface area contributed by atoms with Gasteiger partial charge >= 0.3 is 16.9 Å². The highest BCUT2D eigenvalue weighted by atomic mass is 16.4. The zero-order valence-corrected chi connectivity index (χ0v) is 36.8. The summed E-state index contributed by atoms with van der Waals surface area (Å²) in [7, 11) is 0. The van der Waals surface area contributed by atoms with Crippen molar-refractivity contribution in [2.24, 2.45) is 0 Å². The van der Waals surface area contributed by atoms with Crippen LogP contribution in [0.25, 0.3) is 89.0 Å². The van der Waals surface area contributed by atoms with Gasteiger partial charge in [-0.2, -0.15) is 0 Å². The third kappa shape index (κ3) is 7.76. The summed E-state index contributed by atoms with van der Waals surface area (Å²) in [4.78, 5) is 62.2. The van der Waals surface area contributed by atoms with Crippen LogP contribution in [0.5, 0.6) is 0 Å². The van der Waals surface area contributed by atoms with Crippen molar-refractivity contribution in [3.8, 4) is 45.3 Å². The number of anilines is 3. The van der Waals surface area contributed by atoms with Gasteiger partial charge in [0.15, 0.2) is 17.5 Å². The Morgan fingerprint density at radius 1 is 0.359 bits per heavy atom. The molecule has 0 N–H and O–H groups in total. The van der Waals surface area contributed by atoms with Crippen molar-refractivity contribution in [1.82, 2.24) is 15.0 Å². The highest BCUT2D eigenvalue weighted by Gasteiger charge is 2.21. The first-order chi connectivity index (χ1) is 31.1. The van der Waals surface area contributed by atoms with Gasteiger partial charge in [0.2, 0.25) is 0 Å². The fraction of sp³-hybridized carbons (Fsp3) is 0.231. The summed E-state index contributed by atoms with van der Waals surface area (Å²) < 4.78 is 17.7. The van der Waals surface area contributed by atoms with Gasteiger partial charge in [-0.1, -0.05) is 24.3 Å². The van der Waals surface area contributed by atoms with E-state index in [1.807, 2.05) is 97.1 Å². The van der Waals surface area contributed by atoms with Gasteiger partial charge in [0.05, 0.1) is 5.56 Å². The lowest BCUT2D eigenvalue weighted by atomic mass is 10.00. The van der Waals surface area contributed by atoms with Gasteiger partial charge in [0.1, 0.15) is 27.9 Å². The van der Waals surface area contributed by atoms with Crippen LogP contribution in [0, 0.1) is 0 Å². The molecule has 5 aromatic carbocycles. The maximum Gasteiger partial charge on any atom is 0.347 e. The lowest BCUT2D eigenvalue weighted by Gasteiger charge is -2.21. The molecule has 4 heterocycles. The van der Waals surface area contributed by atoms with Gasteiger partial charge in [-0.25, -0.2) is 29.3 Å². The zero-order valence-electron chi connectivity index (χ0n) is 36.8. The van der Waals surface area contributed by atoms with Crippen molar-refractivity contribution in [3.05, 3.63) is 140 Å². The van der Waals surface area contributed by atoms with Crippen molar-refractivity contribution in [2.45, 2.75) is 41.5 Å². The predicted molar refractivity (Wildman–Crippen MR) is 258 cm³/mol. The van der Waals surface area contributed by atoms with Crippen molar-refractivity contribution in [2.75, 3.05) is 54.0 Å². The standard InChI is InChI=1S/C52H48N6O6/c1-7-56(8-2)38-20-17-33-25-41(50(59)62-44(33)28-38)32-15-13-31-14-16-36(24-37(31)23-32)47-53-48(42-26-34-18-21-39(57(9-3)10-4)29-45(34)63-51(42)60)55-49(54-47)43-27-35-19-22-40(58(11-5)12-6)30-46(35)64-52(43)61/h13-30H,7-12H2,1-6H3. The number of nitrogens with zero attached hydrogens (tertiary/aromatic N) is 6. The molecule has 12 nitrogen and oxygen atoms in total. The van der Waals surface area contributed by atoms with Crippen molar-refractivity contribution < 1.29 is 13.3 Å². The number of hydrogen-bond acceptors (Lipinski definition) is 12. The Balaban J connectivity index is 1.18. The summed E-state index contributed by atoms with van der Waals surface area (Å²) in [5.74, 6) is 0.285. The quantitative estimate of drug-likeness (QED) is 0.102. The van der Waals surface area contributed by atoms with E-state index in [1.54, 1.807) is 12.1 Å². The molecule has 0 radical (unpaired) electrons. The first kappa shape index (κ1) is 41.7. The maximum absolute atomic E-state index is 13.9. The Morgan fingerprint density at radius 3 is 1.12 bits per heavy atom. The lowest BCUT2D eigenvalue weighted by molar-refractivity contribution is 0.562. The summed E-state index contributed by atoms with van der Waals surface area (Å²) in [6.45, 7) is 17.3. The van der Waals surface area contributed by atoms with Crippen LogP contribution < -0.4 is 31.6 Å². The molecule has 0 unspecified atom stereocenters. The number of rotatable bonds is 13.